The summed E-state index contributed by atoms with van der Waals surface area (Å²) in [6.45, 7) is 0.859. The van der Waals surface area contributed by atoms with Crippen LogP contribution in [0.25, 0.3) is 0 Å². The zero-order valence-electron chi connectivity index (χ0n) is 14.1. The molecule has 2 amide bonds. The molecule has 2 heterocycles. The van der Waals surface area contributed by atoms with Crippen molar-refractivity contribution in [3.05, 3.63) is 30.1 Å². The van der Waals surface area contributed by atoms with Crippen LogP contribution in [0.4, 0.5) is 0 Å². The lowest BCUT2D eigenvalue weighted by Crippen LogP contribution is -2.45. The largest absolute Gasteiger partial charge is 0.353 e. The van der Waals surface area contributed by atoms with Gasteiger partial charge in [0, 0.05) is 31.5 Å². The minimum Gasteiger partial charge on any atom is -0.353 e. The van der Waals surface area contributed by atoms with Crippen LogP contribution in [0.3, 0.4) is 0 Å². The Morgan fingerprint density at radius 2 is 1.92 bits per heavy atom. The molecule has 2 aliphatic rings. The average Bonchev–Trinajstić information content (AvgIpc) is 3.03. The van der Waals surface area contributed by atoms with Gasteiger partial charge in [-0.2, -0.15) is 0 Å². The molecule has 6 nitrogen and oxygen atoms in total. The van der Waals surface area contributed by atoms with E-state index in [0.717, 1.165) is 6.42 Å². The van der Waals surface area contributed by atoms with Gasteiger partial charge >= 0.3 is 0 Å². The first kappa shape index (κ1) is 21.7. The van der Waals surface area contributed by atoms with E-state index in [2.05, 4.69) is 20.9 Å². The Morgan fingerprint density at radius 1 is 1.16 bits per heavy atom. The summed E-state index contributed by atoms with van der Waals surface area (Å²) in [6, 6.07) is 3.88. The highest BCUT2D eigenvalue weighted by molar-refractivity contribution is 5.93. The number of pyridine rings is 1. The third-order valence-electron chi connectivity index (χ3n) is 4.81. The van der Waals surface area contributed by atoms with Gasteiger partial charge in [-0.25, -0.2) is 0 Å². The molecule has 1 aromatic rings. The number of carbonyl (C=O) groups is 2. The van der Waals surface area contributed by atoms with Crippen LogP contribution >= 0.6 is 24.8 Å². The van der Waals surface area contributed by atoms with Gasteiger partial charge in [-0.15, -0.1) is 24.8 Å². The number of aromatic nitrogens is 1. The fraction of sp³-hybridized carbons (Fsp3) is 0.588. The molecule has 1 aromatic heterocycles. The van der Waals surface area contributed by atoms with Gasteiger partial charge in [-0.05, 0) is 37.3 Å². The van der Waals surface area contributed by atoms with Crippen LogP contribution in [-0.4, -0.2) is 42.0 Å². The Bertz CT molecular complexity index is 545. The number of hydrogen-bond acceptors (Lipinski definition) is 4. The van der Waals surface area contributed by atoms with Gasteiger partial charge in [0.15, 0.2) is 0 Å². The van der Waals surface area contributed by atoms with Crippen LogP contribution in [0.2, 0.25) is 0 Å². The van der Waals surface area contributed by atoms with Crippen molar-refractivity contribution in [1.82, 2.24) is 20.9 Å². The highest BCUT2D eigenvalue weighted by Crippen LogP contribution is 2.33. The Labute approximate surface area is 160 Å². The second-order valence-corrected chi connectivity index (χ2v) is 6.39. The predicted molar refractivity (Wildman–Crippen MR) is 101 cm³/mol. The molecule has 0 radical (unpaired) electrons. The molecule has 1 saturated heterocycles. The zero-order valence-corrected chi connectivity index (χ0v) is 15.7. The van der Waals surface area contributed by atoms with Crippen LogP contribution in [0.15, 0.2) is 24.5 Å². The summed E-state index contributed by atoms with van der Waals surface area (Å²) < 4.78 is 0. The number of rotatable bonds is 5. The summed E-state index contributed by atoms with van der Waals surface area (Å²) in [7, 11) is 0. The van der Waals surface area contributed by atoms with Crippen LogP contribution in [0.1, 0.15) is 42.5 Å². The maximum absolute atomic E-state index is 12.2. The third kappa shape index (κ3) is 5.83. The third-order valence-corrected chi connectivity index (χ3v) is 4.81. The van der Waals surface area contributed by atoms with Gasteiger partial charge in [0.25, 0.3) is 5.91 Å². The summed E-state index contributed by atoms with van der Waals surface area (Å²) in [5.74, 6) is 0.539. The van der Waals surface area contributed by atoms with E-state index in [1.54, 1.807) is 18.3 Å². The van der Waals surface area contributed by atoms with E-state index in [0.29, 0.717) is 30.6 Å². The van der Waals surface area contributed by atoms with E-state index in [9.17, 15) is 9.59 Å². The number of nitrogens with one attached hydrogen (secondary N) is 3. The molecule has 2 fully saturated rings. The molecule has 3 rings (SSSR count). The zero-order chi connectivity index (χ0) is 16.1. The maximum Gasteiger partial charge on any atom is 0.252 e. The predicted octanol–water partition coefficient (Wildman–Crippen LogP) is 1.69. The molecule has 140 valence electrons. The first-order valence-electron chi connectivity index (χ1n) is 8.46. The minimum atomic E-state index is -0.169. The Kier molecular flexibility index (Phi) is 9.17. The number of carbonyl (C=O) groups excluding carboxylic acids is 2. The van der Waals surface area contributed by atoms with Crippen molar-refractivity contribution in [3.63, 3.8) is 0 Å². The summed E-state index contributed by atoms with van der Waals surface area (Å²) in [4.78, 5) is 28.0. The molecule has 8 heteroatoms. The number of halogens is 2. The van der Waals surface area contributed by atoms with Crippen LogP contribution in [0.5, 0.6) is 0 Å². The molecule has 0 bridgehead atoms. The normalized spacial score (nSPS) is 24.2. The highest BCUT2D eigenvalue weighted by Gasteiger charge is 2.37. The number of nitrogens with zero attached hydrogens (tertiary/aromatic N) is 1. The van der Waals surface area contributed by atoms with Crippen LogP contribution in [-0.2, 0) is 4.79 Å². The Hall–Kier alpha value is -1.37. The topological polar surface area (TPSA) is 83.1 Å². The second-order valence-electron chi connectivity index (χ2n) is 6.39. The Balaban J connectivity index is 0.00000156. The SMILES string of the molecule is Cl.Cl.O=C(NCCNC(=O)C1CC2CCCCC2N1)c1cccnc1. The first-order chi connectivity index (χ1) is 11.2. The fourth-order valence-corrected chi connectivity index (χ4v) is 3.61. The molecule has 3 unspecified atom stereocenters. The van der Waals surface area contributed by atoms with Gasteiger partial charge in [0.1, 0.15) is 0 Å². The molecule has 3 atom stereocenters. The molecular formula is C17H26Cl2N4O2. The van der Waals surface area contributed by atoms with Gasteiger partial charge < -0.3 is 16.0 Å². The lowest BCUT2D eigenvalue weighted by atomic mass is 9.85. The van der Waals surface area contributed by atoms with Gasteiger partial charge in [-0.1, -0.05) is 12.8 Å². The smallest absolute Gasteiger partial charge is 0.252 e. The molecule has 0 spiro atoms. The second kappa shape index (κ2) is 10.6. The standard InChI is InChI=1S/C17H24N4O2.2ClH/c22-16(13-5-3-7-18-11-13)19-8-9-20-17(23)15-10-12-4-1-2-6-14(12)21-15;;/h3,5,7,11-12,14-15,21H,1-2,4,6,8-10H2,(H,19,22)(H,20,23);2*1H. The van der Waals surface area contributed by atoms with Crippen LogP contribution in [0, 0.1) is 5.92 Å². The maximum atomic E-state index is 12.2. The molecule has 1 saturated carbocycles. The summed E-state index contributed by atoms with van der Waals surface area (Å²) >= 11 is 0. The minimum absolute atomic E-state index is 0. The van der Waals surface area contributed by atoms with Gasteiger partial charge in [-0.3, -0.25) is 14.6 Å². The molecule has 1 aliphatic carbocycles. The monoisotopic (exact) mass is 388 g/mol. The number of amides is 2. The lowest BCUT2D eigenvalue weighted by molar-refractivity contribution is -0.122. The van der Waals surface area contributed by atoms with E-state index < -0.39 is 0 Å². The van der Waals surface area contributed by atoms with Crippen molar-refractivity contribution in [2.45, 2.75) is 44.2 Å². The van der Waals surface area contributed by atoms with Crippen molar-refractivity contribution >= 4 is 36.6 Å². The highest BCUT2D eigenvalue weighted by atomic mass is 35.5. The van der Waals surface area contributed by atoms with E-state index >= 15 is 0 Å². The van der Waals surface area contributed by atoms with Crippen molar-refractivity contribution in [2.75, 3.05) is 13.1 Å². The van der Waals surface area contributed by atoms with Crippen molar-refractivity contribution in [1.29, 1.82) is 0 Å². The van der Waals surface area contributed by atoms with E-state index in [4.69, 9.17) is 0 Å². The molecule has 1 aliphatic heterocycles. The summed E-state index contributed by atoms with van der Waals surface area (Å²) in [6.07, 6.45) is 9.08. The summed E-state index contributed by atoms with van der Waals surface area (Å²) in [5, 5.41) is 9.15. The van der Waals surface area contributed by atoms with Gasteiger partial charge in [0.05, 0.1) is 11.6 Å². The molecular weight excluding hydrogens is 363 g/mol. The first-order valence-corrected chi connectivity index (χ1v) is 8.46. The molecule has 3 N–H and O–H groups in total. The molecule has 25 heavy (non-hydrogen) atoms. The molecule has 0 aromatic carbocycles. The quantitative estimate of drug-likeness (QED) is 0.670. The van der Waals surface area contributed by atoms with E-state index in [-0.39, 0.29) is 42.7 Å². The van der Waals surface area contributed by atoms with E-state index in [1.807, 2.05) is 0 Å². The van der Waals surface area contributed by atoms with Crippen molar-refractivity contribution < 1.29 is 9.59 Å². The summed E-state index contributed by atoms with van der Waals surface area (Å²) in [5.41, 5.74) is 0.528. The number of hydrogen-bond donors (Lipinski definition) is 3. The van der Waals surface area contributed by atoms with Gasteiger partial charge in [0.2, 0.25) is 5.91 Å². The lowest BCUT2D eigenvalue weighted by Gasteiger charge is -2.24. The van der Waals surface area contributed by atoms with Crippen molar-refractivity contribution in [3.8, 4) is 0 Å². The van der Waals surface area contributed by atoms with Crippen molar-refractivity contribution in [2.24, 2.45) is 5.92 Å². The average molecular weight is 389 g/mol. The number of fused-ring (bicyclic) bond motifs is 1. The van der Waals surface area contributed by atoms with Crippen LogP contribution < -0.4 is 16.0 Å². The van der Waals surface area contributed by atoms with E-state index in [1.165, 1.54) is 31.9 Å². The fourth-order valence-electron chi connectivity index (χ4n) is 3.61. The Morgan fingerprint density at radius 3 is 2.64 bits per heavy atom.